The van der Waals surface area contributed by atoms with Crippen LogP contribution in [0.2, 0.25) is 0 Å². The molecule has 0 spiro atoms. The molecule has 1 atom stereocenters. The van der Waals surface area contributed by atoms with Gasteiger partial charge in [0, 0.05) is 31.5 Å². The number of ketones is 1. The van der Waals surface area contributed by atoms with Gasteiger partial charge in [0.2, 0.25) is 0 Å². The Bertz CT molecular complexity index is 395. The molecular weight excluding hydrogens is 212 g/mol. The van der Waals surface area contributed by atoms with Gasteiger partial charge in [0.05, 0.1) is 6.54 Å². The average Bonchev–Trinajstić information content (AvgIpc) is 2.86. The number of hydrogen-bond donors (Lipinski definition) is 0. The summed E-state index contributed by atoms with van der Waals surface area (Å²) in [6, 6.07) is 1.90. The van der Waals surface area contributed by atoms with Gasteiger partial charge in [-0.2, -0.15) is 0 Å². The third-order valence-electron chi connectivity index (χ3n) is 3.77. The van der Waals surface area contributed by atoms with Crippen molar-refractivity contribution in [1.29, 1.82) is 0 Å². The minimum Gasteiger partial charge on any atom is -0.357 e. The first-order chi connectivity index (χ1) is 8.06. The van der Waals surface area contributed by atoms with Crippen LogP contribution in [0.1, 0.15) is 30.6 Å². The molecule has 2 heterocycles. The quantitative estimate of drug-likeness (QED) is 0.746. The Balaban J connectivity index is 1.88. The highest BCUT2D eigenvalue weighted by Crippen LogP contribution is 2.23. The molecule has 1 aliphatic rings. The Morgan fingerprint density at radius 3 is 2.82 bits per heavy atom. The summed E-state index contributed by atoms with van der Waals surface area (Å²) in [5.41, 5.74) is 0.834. The molecule has 0 amide bonds. The van der Waals surface area contributed by atoms with Crippen molar-refractivity contribution in [3.05, 3.63) is 24.0 Å². The second-order valence-electron chi connectivity index (χ2n) is 5.52. The van der Waals surface area contributed by atoms with Gasteiger partial charge in [-0.05, 0) is 30.9 Å². The number of nitrogens with zero attached hydrogens (tertiary/aromatic N) is 2. The molecule has 1 saturated heterocycles. The predicted octanol–water partition coefficient (Wildman–Crippen LogP) is 2.19. The monoisotopic (exact) mass is 234 g/mol. The van der Waals surface area contributed by atoms with Crippen LogP contribution < -0.4 is 0 Å². The highest BCUT2D eigenvalue weighted by molar-refractivity contribution is 5.97. The maximum Gasteiger partial charge on any atom is 0.178 e. The molecule has 0 aliphatic carbocycles. The van der Waals surface area contributed by atoms with Gasteiger partial charge in [-0.3, -0.25) is 9.69 Å². The van der Waals surface area contributed by atoms with E-state index in [4.69, 9.17) is 0 Å². The van der Waals surface area contributed by atoms with Crippen molar-refractivity contribution >= 4 is 5.78 Å². The van der Waals surface area contributed by atoms with Gasteiger partial charge < -0.3 is 4.57 Å². The van der Waals surface area contributed by atoms with Gasteiger partial charge in [0.1, 0.15) is 0 Å². The molecule has 1 unspecified atom stereocenters. The van der Waals surface area contributed by atoms with Crippen molar-refractivity contribution in [2.45, 2.75) is 20.3 Å². The van der Waals surface area contributed by atoms with E-state index in [0.717, 1.165) is 30.5 Å². The van der Waals surface area contributed by atoms with Gasteiger partial charge in [0.25, 0.3) is 0 Å². The van der Waals surface area contributed by atoms with Crippen molar-refractivity contribution in [2.24, 2.45) is 18.9 Å². The third-order valence-corrected chi connectivity index (χ3v) is 3.77. The fourth-order valence-corrected chi connectivity index (χ4v) is 2.51. The molecule has 1 aliphatic heterocycles. The number of hydrogen-bond acceptors (Lipinski definition) is 2. The molecule has 94 valence electrons. The van der Waals surface area contributed by atoms with Crippen LogP contribution in [0.3, 0.4) is 0 Å². The van der Waals surface area contributed by atoms with Crippen LogP contribution in [0.4, 0.5) is 0 Å². The first-order valence-electron chi connectivity index (χ1n) is 6.44. The van der Waals surface area contributed by atoms with Gasteiger partial charge >= 0.3 is 0 Å². The Hall–Kier alpha value is -1.09. The minimum absolute atomic E-state index is 0.245. The molecule has 1 aromatic heterocycles. The first kappa shape index (κ1) is 12.4. The van der Waals surface area contributed by atoms with E-state index in [1.165, 1.54) is 6.42 Å². The lowest BCUT2D eigenvalue weighted by molar-refractivity contribution is 0.0942. The van der Waals surface area contributed by atoms with Gasteiger partial charge in [-0.1, -0.05) is 13.8 Å². The topological polar surface area (TPSA) is 25.2 Å². The van der Waals surface area contributed by atoms with E-state index >= 15 is 0 Å². The van der Waals surface area contributed by atoms with Crippen LogP contribution in [-0.4, -0.2) is 34.9 Å². The van der Waals surface area contributed by atoms with Crippen molar-refractivity contribution in [3.63, 3.8) is 0 Å². The first-order valence-corrected chi connectivity index (χ1v) is 6.44. The zero-order chi connectivity index (χ0) is 12.4. The molecule has 17 heavy (non-hydrogen) atoms. The number of Topliss-reactive ketones (excluding diaryl/α,β-unsaturated/α-hetero) is 1. The largest absolute Gasteiger partial charge is 0.357 e. The van der Waals surface area contributed by atoms with Crippen molar-refractivity contribution in [3.8, 4) is 0 Å². The molecule has 0 saturated carbocycles. The van der Waals surface area contributed by atoms with Crippen LogP contribution in [-0.2, 0) is 7.05 Å². The molecule has 1 fully saturated rings. The molecule has 0 N–H and O–H groups in total. The maximum absolute atomic E-state index is 12.0. The van der Waals surface area contributed by atoms with Gasteiger partial charge in [-0.15, -0.1) is 0 Å². The predicted molar refractivity (Wildman–Crippen MR) is 69.1 cm³/mol. The normalized spacial score (nSPS) is 21.3. The van der Waals surface area contributed by atoms with Gasteiger partial charge in [0.15, 0.2) is 5.78 Å². The number of aromatic nitrogens is 1. The summed E-state index contributed by atoms with van der Waals surface area (Å²) in [5.74, 6) is 1.74. The van der Waals surface area contributed by atoms with Crippen molar-refractivity contribution in [1.82, 2.24) is 9.47 Å². The summed E-state index contributed by atoms with van der Waals surface area (Å²) in [7, 11) is 1.95. The zero-order valence-corrected chi connectivity index (χ0v) is 11.0. The second kappa shape index (κ2) is 5.05. The summed E-state index contributed by atoms with van der Waals surface area (Å²) >= 11 is 0. The molecule has 2 rings (SSSR count). The van der Waals surface area contributed by atoms with Crippen LogP contribution in [0.25, 0.3) is 0 Å². The number of likely N-dealkylation sites (tertiary alicyclic amines) is 1. The highest BCUT2D eigenvalue weighted by Gasteiger charge is 2.26. The molecular formula is C14H22N2O. The van der Waals surface area contributed by atoms with Crippen molar-refractivity contribution in [2.75, 3.05) is 19.6 Å². The summed E-state index contributed by atoms with van der Waals surface area (Å²) < 4.78 is 1.92. The lowest BCUT2D eigenvalue weighted by Crippen LogP contribution is -2.28. The van der Waals surface area contributed by atoms with E-state index in [-0.39, 0.29) is 5.78 Å². The van der Waals surface area contributed by atoms with Crippen LogP contribution in [0.5, 0.6) is 0 Å². The molecule has 3 nitrogen and oxygen atoms in total. The SMILES string of the molecule is CC(C)C1CCN(CC(=O)c2ccn(C)c2)C1. The Morgan fingerprint density at radius 1 is 1.53 bits per heavy atom. The Kier molecular flexibility index (Phi) is 3.67. The van der Waals surface area contributed by atoms with E-state index < -0.39 is 0 Å². The summed E-state index contributed by atoms with van der Waals surface area (Å²) in [5, 5.41) is 0. The summed E-state index contributed by atoms with van der Waals surface area (Å²) in [6.07, 6.45) is 5.06. The van der Waals surface area contributed by atoms with E-state index in [2.05, 4.69) is 18.7 Å². The second-order valence-corrected chi connectivity index (χ2v) is 5.52. The molecule has 0 radical (unpaired) electrons. The summed E-state index contributed by atoms with van der Waals surface area (Å²) in [4.78, 5) is 14.3. The fourth-order valence-electron chi connectivity index (χ4n) is 2.51. The van der Waals surface area contributed by atoms with E-state index in [1.807, 2.05) is 30.1 Å². The van der Waals surface area contributed by atoms with Gasteiger partial charge in [-0.25, -0.2) is 0 Å². The van der Waals surface area contributed by atoms with Crippen LogP contribution in [0, 0.1) is 11.8 Å². The fraction of sp³-hybridized carbons (Fsp3) is 0.643. The number of carbonyl (C=O) groups is 1. The number of aryl methyl sites for hydroxylation is 1. The minimum atomic E-state index is 0.245. The van der Waals surface area contributed by atoms with Crippen LogP contribution in [0.15, 0.2) is 18.5 Å². The third kappa shape index (κ3) is 2.97. The molecule has 0 bridgehead atoms. The Morgan fingerprint density at radius 2 is 2.29 bits per heavy atom. The van der Waals surface area contributed by atoms with E-state index in [9.17, 15) is 4.79 Å². The van der Waals surface area contributed by atoms with Crippen LogP contribution >= 0.6 is 0 Å². The highest BCUT2D eigenvalue weighted by atomic mass is 16.1. The smallest absolute Gasteiger partial charge is 0.178 e. The number of rotatable bonds is 4. The average molecular weight is 234 g/mol. The number of carbonyl (C=O) groups excluding carboxylic acids is 1. The van der Waals surface area contributed by atoms with E-state index in [0.29, 0.717) is 6.54 Å². The van der Waals surface area contributed by atoms with E-state index in [1.54, 1.807) is 0 Å². The molecule has 3 heteroatoms. The lowest BCUT2D eigenvalue weighted by atomic mass is 9.95. The van der Waals surface area contributed by atoms with Crippen molar-refractivity contribution < 1.29 is 4.79 Å². The standard InChI is InChI=1S/C14H22N2O/c1-11(2)12-5-7-16(9-12)10-14(17)13-4-6-15(3)8-13/h4,6,8,11-12H,5,7,9-10H2,1-3H3. The molecule has 0 aromatic carbocycles. The lowest BCUT2D eigenvalue weighted by Gasteiger charge is -2.16. The maximum atomic E-state index is 12.0. The molecule has 1 aromatic rings. The summed E-state index contributed by atoms with van der Waals surface area (Å²) in [6.45, 7) is 7.27. The zero-order valence-electron chi connectivity index (χ0n) is 11.0. The Labute approximate surface area is 103 Å².